The summed E-state index contributed by atoms with van der Waals surface area (Å²) in [7, 11) is 0. The Morgan fingerprint density at radius 3 is 1.47 bits per heavy atom. The van der Waals surface area contributed by atoms with Gasteiger partial charge in [0.05, 0.1) is 0 Å². The molecule has 17 heavy (non-hydrogen) atoms. The first kappa shape index (κ1) is 15.2. The number of rotatable bonds is 1. The van der Waals surface area contributed by atoms with Gasteiger partial charge in [0.25, 0.3) is 0 Å². The van der Waals surface area contributed by atoms with E-state index in [-0.39, 0.29) is 0 Å². The highest BCUT2D eigenvalue weighted by Gasteiger charge is 1.94. The summed E-state index contributed by atoms with van der Waals surface area (Å²) in [6.45, 7) is 8.00. The molecule has 1 nitrogen and oxygen atoms in total. The van der Waals surface area contributed by atoms with Crippen molar-refractivity contribution in [3.8, 4) is 16.9 Å². The molecule has 2 rings (SSSR count). The van der Waals surface area contributed by atoms with Gasteiger partial charge in [-0.15, -0.1) is 0 Å². The van der Waals surface area contributed by atoms with Gasteiger partial charge in [-0.05, 0) is 23.3 Å². The molecule has 0 heterocycles. The molecule has 0 amide bonds. The molecule has 0 radical (unpaired) electrons. The lowest BCUT2D eigenvalue weighted by atomic mass is 10.1. The van der Waals surface area contributed by atoms with E-state index in [0.29, 0.717) is 5.75 Å². The normalized spacial score (nSPS) is 8.24. The van der Waals surface area contributed by atoms with Crippen LogP contribution in [0, 0.1) is 0 Å². The average Bonchev–Trinajstić information content (AvgIpc) is 2.45. The van der Waals surface area contributed by atoms with Crippen LogP contribution in [0.15, 0.2) is 54.6 Å². The Labute approximate surface area is 105 Å². The van der Waals surface area contributed by atoms with Crippen molar-refractivity contribution < 1.29 is 5.11 Å². The zero-order valence-corrected chi connectivity index (χ0v) is 11.1. The predicted octanol–water partition coefficient (Wildman–Crippen LogP) is 5.11. The van der Waals surface area contributed by atoms with Crippen LogP contribution in [-0.2, 0) is 0 Å². The molecule has 0 aliphatic carbocycles. The number of benzene rings is 2. The number of phenolic OH excluding ortho intramolecular Hbond substituents is 1. The van der Waals surface area contributed by atoms with Gasteiger partial charge < -0.3 is 5.11 Å². The maximum atomic E-state index is 9.10. The van der Waals surface area contributed by atoms with Crippen molar-refractivity contribution in [3.05, 3.63) is 54.6 Å². The average molecular weight is 230 g/mol. The van der Waals surface area contributed by atoms with E-state index in [4.69, 9.17) is 5.11 Å². The summed E-state index contributed by atoms with van der Waals surface area (Å²) in [5.41, 5.74) is 2.29. The molecular formula is C16H22O. The first-order valence-corrected chi connectivity index (χ1v) is 6.21. The second kappa shape index (κ2) is 9.46. The Balaban J connectivity index is 0.000000581. The summed E-state index contributed by atoms with van der Waals surface area (Å²) < 4.78 is 0. The first-order chi connectivity index (χ1) is 8.36. The van der Waals surface area contributed by atoms with E-state index in [2.05, 4.69) is 0 Å². The van der Waals surface area contributed by atoms with Crippen LogP contribution in [0.1, 0.15) is 27.7 Å². The fraction of sp³-hybridized carbons (Fsp3) is 0.250. The lowest BCUT2D eigenvalue weighted by Crippen LogP contribution is -1.74. The zero-order valence-electron chi connectivity index (χ0n) is 11.1. The van der Waals surface area contributed by atoms with Crippen LogP contribution in [0.25, 0.3) is 11.1 Å². The van der Waals surface area contributed by atoms with E-state index in [1.807, 2.05) is 70.2 Å². The molecule has 0 aliphatic heterocycles. The lowest BCUT2D eigenvalue weighted by Gasteiger charge is -2.00. The highest BCUT2D eigenvalue weighted by molar-refractivity contribution is 5.63. The van der Waals surface area contributed by atoms with Gasteiger partial charge in [0.15, 0.2) is 0 Å². The number of hydrogen-bond donors (Lipinski definition) is 1. The molecule has 0 aromatic heterocycles. The van der Waals surface area contributed by atoms with E-state index in [9.17, 15) is 0 Å². The van der Waals surface area contributed by atoms with Crippen molar-refractivity contribution in [2.45, 2.75) is 27.7 Å². The van der Waals surface area contributed by atoms with Gasteiger partial charge in [-0.2, -0.15) is 0 Å². The van der Waals surface area contributed by atoms with Crippen LogP contribution < -0.4 is 0 Å². The monoisotopic (exact) mass is 230 g/mol. The number of phenols is 1. The largest absolute Gasteiger partial charge is 0.508 e. The van der Waals surface area contributed by atoms with E-state index in [1.54, 1.807) is 12.1 Å². The Bertz CT molecular complexity index is 376. The highest BCUT2D eigenvalue weighted by atomic mass is 16.3. The van der Waals surface area contributed by atoms with E-state index in [1.165, 1.54) is 5.56 Å². The quantitative estimate of drug-likeness (QED) is 0.721. The third-order valence-corrected chi connectivity index (χ3v) is 1.97. The molecule has 2 aromatic carbocycles. The molecule has 0 atom stereocenters. The summed E-state index contributed by atoms with van der Waals surface area (Å²) in [5.74, 6) is 0.305. The molecule has 0 saturated heterocycles. The minimum absolute atomic E-state index is 0.305. The van der Waals surface area contributed by atoms with Crippen LogP contribution in [0.4, 0.5) is 0 Å². The molecule has 0 fully saturated rings. The van der Waals surface area contributed by atoms with Crippen molar-refractivity contribution in [1.29, 1.82) is 0 Å². The Morgan fingerprint density at radius 1 is 0.588 bits per heavy atom. The molecule has 0 aliphatic rings. The van der Waals surface area contributed by atoms with Crippen molar-refractivity contribution in [1.82, 2.24) is 0 Å². The first-order valence-electron chi connectivity index (χ1n) is 6.21. The minimum Gasteiger partial charge on any atom is -0.508 e. The van der Waals surface area contributed by atoms with Crippen LogP contribution in [0.2, 0.25) is 0 Å². The summed E-state index contributed by atoms with van der Waals surface area (Å²) in [6.07, 6.45) is 0. The highest BCUT2D eigenvalue weighted by Crippen LogP contribution is 2.20. The predicted molar refractivity (Wildman–Crippen MR) is 76.2 cm³/mol. The fourth-order valence-electron chi connectivity index (χ4n) is 1.28. The topological polar surface area (TPSA) is 20.2 Å². The number of aromatic hydroxyl groups is 1. The van der Waals surface area contributed by atoms with Gasteiger partial charge in [0.2, 0.25) is 0 Å². The standard InChI is InChI=1S/C12H10O.2C2H6/c13-12-8-6-11(7-9-12)10-4-2-1-3-5-10;2*1-2/h1-9,13H;2*1-2H3. The molecular weight excluding hydrogens is 208 g/mol. The summed E-state index contributed by atoms with van der Waals surface area (Å²) in [5, 5.41) is 9.10. The maximum Gasteiger partial charge on any atom is 0.115 e. The Kier molecular flexibility index (Phi) is 8.48. The molecule has 0 unspecified atom stereocenters. The summed E-state index contributed by atoms with van der Waals surface area (Å²) in [6, 6.07) is 17.3. The van der Waals surface area contributed by atoms with Gasteiger partial charge in [0, 0.05) is 0 Å². The lowest BCUT2D eigenvalue weighted by molar-refractivity contribution is 0.475. The third kappa shape index (κ3) is 5.21. The second-order valence-electron chi connectivity index (χ2n) is 2.91. The van der Waals surface area contributed by atoms with Crippen LogP contribution >= 0.6 is 0 Å². The van der Waals surface area contributed by atoms with Crippen LogP contribution in [0.5, 0.6) is 5.75 Å². The van der Waals surface area contributed by atoms with Crippen LogP contribution in [-0.4, -0.2) is 5.11 Å². The Morgan fingerprint density at radius 2 is 1.00 bits per heavy atom. The smallest absolute Gasteiger partial charge is 0.115 e. The van der Waals surface area contributed by atoms with Gasteiger partial charge >= 0.3 is 0 Å². The summed E-state index contributed by atoms with van der Waals surface area (Å²) in [4.78, 5) is 0. The molecule has 2 aromatic rings. The number of hydrogen-bond acceptors (Lipinski definition) is 1. The molecule has 0 bridgehead atoms. The minimum atomic E-state index is 0.305. The molecule has 0 saturated carbocycles. The van der Waals surface area contributed by atoms with E-state index in [0.717, 1.165) is 5.56 Å². The zero-order chi connectivity index (χ0) is 13.1. The summed E-state index contributed by atoms with van der Waals surface area (Å²) >= 11 is 0. The van der Waals surface area contributed by atoms with Crippen LogP contribution in [0.3, 0.4) is 0 Å². The molecule has 1 N–H and O–H groups in total. The van der Waals surface area contributed by atoms with Crippen molar-refractivity contribution in [2.24, 2.45) is 0 Å². The third-order valence-electron chi connectivity index (χ3n) is 1.97. The van der Waals surface area contributed by atoms with E-state index < -0.39 is 0 Å². The molecule has 1 heteroatoms. The van der Waals surface area contributed by atoms with E-state index >= 15 is 0 Å². The SMILES string of the molecule is CC.CC.Oc1ccc(-c2ccccc2)cc1. The van der Waals surface area contributed by atoms with Crippen molar-refractivity contribution in [2.75, 3.05) is 0 Å². The van der Waals surface area contributed by atoms with Gasteiger partial charge in [-0.1, -0.05) is 70.2 Å². The van der Waals surface area contributed by atoms with Gasteiger partial charge in [-0.25, -0.2) is 0 Å². The van der Waals surface area contributed by atoms with Gasteiger partial charge in [-0.3, -0.25) is 0 Å². The second-order valence-corrected chi connectivity index (χ2v) is 2.91. The maximum absolute atomic E-state index is 9.10. The Hall–Kier alpha value is -1.76. The molecule has 92 valence electrons. The molecule has 0 spiro atoms. The fourth-order valence-corrected chi connectivity index (χ4v) is 1.28. The van der Waals surface area contributed by atoms with Gasteiger partial charge in [0.1, 0.15) is 5.75 Å². The van der Waals surface area contributed by atoms with Crippen molar-refractivity contribution in [3.63, 3.8) is 0 Å². The van der Waals surface area contributed by atoms with Crippen molar-refractivity contribution >= 4 is 0 Å².